The first-order valence-electron chi connectivity index (χ1n) is 6.53. The summed E-state index contributed by atoms with van der Waals surface area (Å²) in [6, 6.07) is 2.97. The van der Waals surface area contributed by atoms with Gasteiger partial charge in [-0.25, -0.2) is 13.1 Å². The summed E-state index contributed by atoms with van der Waals surface area (Å²) in [7, 11) is -3.55. The van der Waals surface area contributed by atoms with Crippen LogP contribution in [0, 0.1) is 12.8 Å². The lowest BCUT2D eigenvalue weighted by atomic mass is 10.1. The first-order valence-corrected chi connectivity index (χ1v) is 8.39. The van der Waals surface area contributed by atoms with Crippen LogP contribution in [0.4, 0.5) is 5.69 Å². The van der Waals surface area contributed by atoms with Crippen molar-refractivity contribution < 1.29 is 13.2 Å². The van der Waals surface area contributed by atoms with E-state index >= 15 is 0 Å². The number of ether oxygens (including phenoxy) is 1. The third-order valence-corrected chi connectivity index (χ3v) is 5.38. The van der Waals surface area contributed by atoms with E-state index in [0.29, 0.717) is 29.7 Å². The van der Waals surface area contributed by atoms with Crippen molar-refractivity contribution in [2.24, 2.45) is 5.92 Å². The molecule has 1 heterocycles. The number of nitrogens with two attached hydrogens (primary N) is 1. The Balaban J connectivity index is 2.04. The number of sulfonamides is 1. The molecule has 1 aromatic rings. The number of nitrogen functional groups attached to an aromatic ring is 1. The molecule has 0 aliphatic carbocycles. The number of hydrogen-bond acceptors (Lipinski definition) is 4. The number of anilines is 1. The third kappa shape index (κ3) is 3.63. The van der Waals surface area contributed by atoms with Crippen LogP contribution in [0.3, 0.4) is 0 Å². The quantitative estimate of drug-likeness (QED) is 0.813. The van der Waals surface area contributed by atoms with Gasteiger partial charge in [-0.2, -0.15) is 0 Å². The first-order chi connectivity index (χ1) is 9.40. The van der Waals surface area contributed by atoms with Crippen molar-refractivity contribution in [1.82, 2.24) is 4.72 Å². The van der Waals surface area contributed by atoms with Gasteiger partial charge >= 0.3 is 0 Å². The van der Waals surface area contributed by atoms with Crippen molar-refractivity contribution in [2.75, 3.05) is 25.5 Å². The molecule has 0 aromatic heterocycles. The molecule has 0 saturated carbocycles. The van der Waals surface area contributed by atoms with E-state index in [4.69, 9.17) is 22.1 Å². The van der Waals surface area contributed by atoms with E-state index in [2.05, 4.69) is 4.72 Å². The average molecular weight is 319 g/mol. The maximum absolute atomic E-state index is 12.2. The van der Waals surface area contributed by atoms with Crippen molar-refractivity contribution in [3.8, 4) is 0 Å². The van der Waals surface area contributed by atoms with Gasteiger partial charge in [0.2, 0.25) is 10.0 Å². The van der Waals surface area contributed by atoms with Gasteiger partial charge in [0.1, 0.15) is 0 Å². The molecular weight excluding hydrogens is 300 g/mol. The first kappa shape index (κ1) is 15.6. The number of hydrogen-bond donors (Lipinski definition) is 2. The Kier molecular flexibility index (Phi) is 4.90. The smallest absolute Gasteiger partial charge is 0.240 e. The zero-order valence-electron chi connectivity index (χ0n) is 11.4. The summed E-state index contributed by atoms with van der Waals surface area (Å²) in [5.41, 5.74) is 6.52. The Morgan fingerprint density at radius 1 is 1.50 bits per heavy atom. The van der Waals surface area contributed by atoms with Gasteiger partial charge in [0.15, 0.2) is 0 Å². The fourth-order valence-corrected chi connectivity index (χ4v) is 3.77. The SMILES string of the molecule is Cc1cc(Cl)c(N)cc1S(=O)(=O)NCCC1CCOC1. The Morgan fingerprint density at radius 2 is 2.25 bits per heavy atom. The second-order valence-corrected chi connectivity index (χ2v) is 7.20. The van der Waals surface area contributed by atoms with Crippen LogP contribution in [0.5, 0.6) is 0 Å². The highest BCUT2D eigenvalue weighted by Crippen LogP contribution is 2.26. The summed E-state index contributed by atoms with van der Waals surface area (Å²) < 4.78 is 32.4. The Morgan fingerprint density at radius 3 is 2.90 bits per heavy atom. The molecule has 1 aliphatic heterocycles. The molecule has 1 aliphatic rings. The van der Waals surface area contributed by atoms with Crippen LogP contribution in [0.2, 0.25) is 5.02 Å². The molecule has 1 unspecified atom stereocenters. The van der Waals surface area contributed by atoms with E-state index in [1.54, 1.807) is 13.0 Å². The van der Waals surface area contributed by atoms with Crippen LogP contribution in [0.25, 0.3) is 0 Å². The van der Waals surface area contributed by atoms with Gasteiger partial charge in [-0.15, -0.1) is 0 Å². The summed E-state index contributed by atoms with van der Waals surface area (Å²) in [6.07, 6.45) is 1.77. The number of benzene rings is 1. The largest absolute Gasteiger partial charge is 0.397 e. The molecule has 0 amide bonds. The molecule has 2 rings (SSSR count). The number of aryl methyl sites for hydroxylation is 1. The zero-order chi connectivity index (χ0) is 14.8. The van der Waals surface area contributed by atoms with Crippen molar-refractivity contribution in [3.63, 3.8) is 0 Å². The minimum atomic E-state index is -3.55. The summed E-state index contributed by atoms with van der Waals surface area (Å²) in [4.78, 5) is 0.182. The van der Waals surface area contributed by atoms with Gasteiger partial charge in [-0.3, -0.25) is 0 Å². The molecule has 1 fully saturated rings. The molecular formula is C13H19ClN2O3S. The van der Waals surface area contributed by atoms with Gasteiger partial charge in [0.05, 0.1) is 15.6 Å². The molecule has 20 heavy (non-hydrogen) atoms. The minimum absolute atomic E-state index is 0.182. The highest BCUT2D eigenvalue weighted by atomic mass is 35.5. The predicted molar refractivity (Wildman–Crippen MR) is 79.3 cm³/mol. The molecule has 1 saturated heterocycles. The molecule has 1 aromatic carbocycles. The van der Waals surface area contributed by atoms with Crippen molar-refractivity contribution in [3.05, 3.63) is 22.7 Å². The molecule has 3 N–H and O–H groups in total. The summed E-state index contributed by atoms with van der Waals surface area (Å²) in [5, 5.41) is 0.365. The zero-order valence-corrected chi connectivity index (χ0v) is 12.9. The predicted octanol–water partition coefficient (Wildman–Crippen LogP) is 1.94. The Hall–Kier alpha value is -0.820. The van der Waals surface area contributed by atoms with E-state index in [0.717, 1.165) is 19.4 Å². The Labute approximate surface area is 124 Å². The second-order valence-electron chi connectivity index (χ2n) is 5.06. The van der Waals surface area contributed by atoms with Crippen LogP contribution < -0.4 is 10.5 Å². The average Bonchev–Trinajstić information content (AvgIpc) is 2.86. The molecule has 112 valence electrons. The summed E-state index contributed by atoms with van der Waals surface area (Å²) in [6.45, 7) is 3.59. The molecule has 1 atom stereocenters. The number of rotatable bonds is 5. The van der Waals surface area contributed by atoms with Crippen molar-refractivity contribution in [1.29, 1.82) is 0 Å². The van der Waals surface area contributed by atoms with Crippen molar-refractivity contribution in [2.45, 2.75) is 24.7 Å². The fraction of sp³-hybridized carbons (Fsp3) is 0.538. The van der Waals surface area contributed by atoms with Gasteiger partial charge in [-0.1, -0.05) is 11.6 Å². The highest BCUT2D eigenvalue weighted by molar-refractivity contribution is 7.89. The molecule has 0 bridgehead atoms. The maximum Gasteiger partial charge on any atom is 0.240 e. The van der Waals surface area contributed by atoms with E-state index < -0.39 is 10.0 Å². The lowest BCUT2D eigenvalue weighted by Crippen LogP contribution is -2.27. The monoisotopic (exact) mass is 318 g/mol. The lowest BCUT2D eigenvalue weighted by Gasteiger charge is -2.12. The highest BCUT2D eigenvalue weighted by Gasteiger charge is 2.20. The van der Waals surface area contributed by atoms with Gasteiger partial charge in [0, 0.05) is 19.8 Å². The van der Waals surface area contributed by atoms with Crippen LogP contribution >= 0.6 is 11.6 Å². The third-order valence-electron chi connectivity index (χ3n) is 3.45. The van der Waals surface area contributed by atoms with Crippen LogP contribution in [0.1, 0.15) is 18.4 Å². The molecule has 7 heteroatoms. The summed E-state index contributed by atoms with van der Waals surface area (Å²) >= 11 is 5.87. The molecule has 0 spiro atoms. The van der Waals surface area contributed by atoms with Crippen LogP contribution in [0.15, 0.2) is 17.0 Å². The standard InChI is InChI=1S/C13H19ClN2O3S/c1-9-6-11(14)12(15)7-13(9)20(17,18)16-4-2-10-3-5-19-8-10/h6-7,10,16H,2-5,8,15H2,1H3. The molecule has 0 radical (unpaired) electrons. The van der Waals surface area contributed by atoms with E-state index in [-0.39, 0.29) is 10.6 Å². The minimum Gasteiger partial charge on any atom is -0.397 e. The van der Waals surface area contributed by atoms with E-state index in [1.807, 2.05) is 0 Å². The van der Waals surface area contributed by atoms with Gasteiger partial charge in [-0.05, 0) is 43.4 Å². The Bertz CT molecular complexity index is 584. The molecule has 5 nitrogen and oxygen atoms in total. The fourth-order valence-electron chi connectivity index (χ4n) is 2.24. The normalized spacial score (nSPS) is 19.4. The van der Waals surface area contributed by atoms with Crippen LogP contribution in [-0.2, 0) is 14.8 Å². The number of halogens is 1. The summed E-state index contributed by atoms with van der Waals surface area (Å²) in [5.74, 6) is 0.439. The van der Waals surface area contributed by atoms with E-state index in [9.17, 15) is 8.42 Å². The van der Waals surface area contributed by atoms with E-state index in [1.165, 1.54) is 6.07 Å². The topological polar surface area (TPSA) is 81.4 Å². The number of nitrogens with one attached hydrogen (secondary N) is 1. The van der Waals surface area contributed by atoms with Gasteiger partial charge < -0.3 is 10.5 Å². The van der Waals surface area contributed by atoms with Gasteiger partial charge in [0.25, 0.3) is 0 Å². The lowest BCUT2D eigenvalue weighted by molar-refractivity contribution is 0.184. The van der Waals surface area contributed by atoms with Crippen LogP contribution in [-0.4, -0.2) is 28.2 Å². The second kappa shape index (κ2) is 6.30. The van der Waals surface area contributed by atoms with Crippen molar-refractivity contribution >= 4 is 27.3 Å². The maximum atomic E-state index is 12.2.